The highest BCUT2D eigenvalue weighted by Gasteiger charge is 2.22. The number of hydrogen-bond donors (Lipinski definition) is 1. The summed E-state index contributed by atoms with van der Waals surface area (Å²) in [5.74, 6) is 0.470. The van der Waals surface area contributed by atoms with E-state index in [-0.39, 0.29) is 18.0 Å². The fourth-order valence-electron chi connectivity index (χ4n) is 2.00. The zero-order valence-corrected chi connectivity index (χ0v) is 11.5. The Bertz CT molecular complexity index is 664. The van der Waals surface area contributed by atoms with Gasteiger partial charge in [0.15, 0.2) is 0 Å². The van der Waals surface area contributed by atoms with Gasteiger partial charge in [0, 0.05) is 13.1 Å². The number of para-hydroxylation sites is 1. The van der Waals surface area contributed by atoms with Gasteiger partial charge in [-0.25, -0.2) is 4.68 Å². The Morgan fingerprint density at radius 3 is 2.75 bits per heavy atom. The molecule has 0 atom stereocenters. The SMILES string of the molecule is Cc1cccc([N+](=O)[O-])c1Oc1c(CO)c(C)nn1C. The third kappa shape index (κ3) is 2.35. The maximum atomic E-state index is 11.1. The Morgan fingerprint density at radius 2 is 2.15 bits per heavy atom. The number of aryl methyl sites for hydroxylation is 3. The first-order chi connectivity index (χ1) is 9.45. The Morgan fingerprint density at radius 1 is 1.45 bits per heavy atom. The van der Waals surface area contributed by atoms with Crippen LogP contribution in [-0.4, -0.2) is 19.8 Å². The molecule has 1 heterocycles. The van der Waals surface area contributed by atoms with E-state index in [0.29, 0.717) is 22.7 Å². The molecule has 0 aliphatic heterocycles. The Balaban J connectivity index is 2.53. The van der Waals surface area contributed by atoms with Crippen LogP contribution >= 0.6 is 0 Å². The number of benzene rings is 1. The monoisotopic (exact) mass is 277 g/mol. The molecule has 0 aliphatic carbocycles. The molecular formula is C13H15N3O4. The Labute approximate surface area is 115 Å². The number of hydrogen-bond acceptors (Lipinski definition) is 5. The predicted octanol–water partition coefficient (Wildman–Crippen LogP) is 2.23. The van der Waals surface area contributed by atoms with Crippen molar-refractivity contribution in [2.24, 2.45) is 7.05 Å². The fourth-order valence-corrected chi connectivity index (χ4v) is 2.00. The maximum absolute atomic E-state index is 11.1. The molecule has 0 aliphatic rings. The summed E-state index contributed by atoms with van der Waals surface area (Å²) in [6.45, 7) is 3.23. The normalized spacial score (nSPS) is 10.6. The van der Waals surface area contributed by atoms with E-state index in [0.717, 1.165) is 0 Å². The van der Waals surface area contributed by atoms with Crippen molar-refractivity contribution >= 4 is 5.69 Å². The number of rotatable bonds is 4. The van der Waals surface area contributed by atoms with E-state index in [1.54, 1.807) is 33.0 Å². The van der Waals surface area contributed by atoms with Gasteiger partial charge in [0.1, 0.15) is 0 Å². The molecule has 1 aromatic heterocycles. The number of nitro groups is 1. The lowest BCUT2D eigenvalue weighted by Gasteiger charge is -2.10. The summed E-state index contributed by atoms with van der Waals surface area (Å²) >= 11 is 0. The van der Waals surface area contributed by atoms with E-state index in [1.165, 1.54) is 10.7 Å². The maximum Gasteiger partial charge on any atom is 0.311 e. The van der Waals surface area contributed by atoms with Gasteiger partial charge in [-0.15, -0.1) is 0 Å². The molecule has 0 unspecified atom stereocenters. The second kappa shape index (κ2) is 5.30. The van der Waals surface area contributed by atoms with E-state index in [9.17, 15) is 15.2 Å². The van der Waals surface area contributed by atoms with Crippen molar-refractivity contribution in [3.05, 3.63) is 45.1 Å². The summed E-state index contributed by atoms with van der Waals surface area (Å²) < 4.78 is 7.13. The fraction of sp³-hybridized carbons (Fsp3) is 0.308. The van der Waals surface area contributed by atoms with Crippen molar-refractivity contribution in [3.8, 4) is 11.6 Å². The molecule has 0 radical (unpaired) electrons. The standard InChI is InChI=1S/C13H15N3O4/c1-8-5-4-6-11(16(18)19)12(8)20-13-10(7-17)9(2)14-15(13)3/h4-6,17H,7H2,1-3H3. The smallest absolute Gasteiger partial charge is 0.311 e. The molecule has 0 fully saturated rings. The molecule has 106 valence electrons. The summed E-state index contributed by atoms with van der Waals surface area (Å²) in [4.78, 5) is 10.6. The average molecular weight is 277 g/mol. The van der Waals surface area contributed by atoms with Crippen LogP contribution in [-0.2, 0) is 13.7 Å². The van der Waals surface area contributed by atoms with Gasteiger partial charge in [-0.1, -0.05) is 12.1 Å². The molecule has 0 saturated heterocycles. The number of aromatic nitrogens is 2. The van der Waals surface area contributed by atoms with Crippen LogP contribution in [0.5, 0.6) is 11.6 Å². The van der Waals surface area contributed by atoms with Crippen LogP contribution in [0.2, 0.25) is 0 Å². The van der Waals surface area contributed by atoms with Gasteiger partial charge >= 0.3 is 5.69 Å². The summed E-state index contributed by atoms with van der Waals surface area (Å²) in [5, 5.41) is 24.6. The third-order valence-corrected chi connectivity index (χ3v) is 3.03. The zero-order valence-electron chi connectivity index (χ0n) is 11.5. The Kier molecular flexibility index (Phi) is 3.71. The van der Waals surface area contributed by atoms with Crippen LogP contribution in [0.1, 0.15) is 16.8 Å². The van der Waals surface area contributed by atoms with Crippen LogP contribution in [0.25, 0.3) is 0 Å². The third-order valence-electron chi connectivity index (χ3n) is 3.03. The minimum Gasteiger partial charge on any atom is -0.431 e. The molecule has 0 saturated carbocycles. The number of aliphatic hydroxyl groups is 1. The minimum absolute atomic E-state index is 0.118. The molecule has 0 spiro atoms. The highest BCUT2D eigenvalue weighted by Crippen LogP contribution is 2.36. The van der Waals surface area contributed by atoms with E-state index >= 15 is 0 Å². The van der Waals surface area contributed by atoms with E-state index in [1.807, 2.05) is 0 Å². The van der Waals surface area contributed by atoms with Crippen molar-refractivity contribution in [2.45, 2.75) is 20.5 Å². The van der Waals surface area contributed by atoms with Crippen LogP contribution in [0.4, 0.5) is 5.69 Å². The largest absolute Gasteiger partial charge is 0.431 e. The first kappa shape index (κ1) is 14.0. The lowest BCUT2D eigenvalue weighted by molar-refractivity contribution is -0.385. The van der Waals surface area contributed by atoms with Gasteiger partial charge in [-0.3, -0.25) is 10.1 Å². The zero-order chi connectivity index (χ0) is 14.9. The van der Waals surface area contributed by atoms with Crippen LogP contribution < -0.4 is 4.74 Å². The van der Waals surface area contributed by atoms with Crippen molar-refractivity contribution in [1.29, 1.82) is 0 Å². The lowest BCUT2D eigenvalue weighted by atomic mass is 10.2. The van der Waals surface area contributed by atoms with Crippen molar-refractivity contribution in [2.75, 3.05) is 0 Å². The van der Waals surface area contributed by atoms with Gasteiger partial charge < -0.3 is 9.84 Å². The van der Waals surface area contributed by atoms with Gasteiger partial charge in [-0.05, 0) is 19.4 Å². The molecule has 0 amide bonds. The van der Waals surface area contributed by atoms with Crippen LogP contribution in [0.15, 0.2) is 18.2 Å². The van der Waals surface area contributed by atoms with E-state index in [4.69, 9.17) is 4.74 Å². The molecule has 0 bridgehead atoms. The lowest BCUT2D eigenvalue weighted by Crippen LogP contribution is -2.01. The van der Waals surface area contributed by atoms with Crippen LogP contribution in [0, 0.1) is 24.0 Å². The first-order valence-corrected chi connectivity index (χ1v) is 6.01. The van der Waals surface area contributed by atoms with E-state index < -0.39 is 4.92 Å². The van der Waals surface area contributed by atoms with Gasteiger partial charge in [-0.2, -0.15) is 5.10 Å². The minimum atomic E-state index is -0.496. The van der Waals surface area contributed by atoms with Crippen LogP contribution in [0.3, 0.4) is 0 Å². The number of nitro benzene ring substituents is 1. The topological polar surface area (TPSA) is 90.4 Å². The second-order valence-electron chi connectivity index (χ2n) is 4.43. The average Bonchev–Trinajstić information content (AvgIpc) is 2.65. The number of aliphatic hydroxyl groups excluding tert-OH is 1. The highest BCUT2D eigenvalue weighted by molar-refractivity contribution is 5.53. The summed E-state index contributed by atoms with van der Waals surface area (Å²) in [7, 11) is 1.66. The summed E-state index contributed by atoms with van der Waals surface area (Å²) in [6.07, 6.45) is 0. The summed E-state index contributed by atoms with van der Waals surface area (Å²) in [5.41, 5.74) is 1.67. The summed E-state index contributed by atoms with van der Waals surface area (Å²) in [6, 6.07) is 4.70. The number of nitrogens with zero attached hydrogens (tertiary/aromatic N) is 3. The first-order valence-electron chi connectivity index (χ1n) is 6.01. The molecule has 2 rings (SSSR count). The van der Waals surface area contributed by atoms with Crippen molar-refractivity contribution in [1.82, 2.24) is 9.78 Å². The highest BCUT2D eigenvalue weighted by atomic mass is 16.6. The molecular weight excluding hydrogens is 262 g/mol. The van der Waals surface area contributed by atoms with Gasteiger partial charge in [0.05, 0.1) is 22.8 Å². The second-order valence-corrected chi connectivity index (χ2v) is 4.43. The Hall–Kier alpha value is -2.41. The van der Waals surface area contributed by atoms with Gasteiger partial charge in [0.2, 0.25) is 11.6 Å². The quantitative estimate of drug-likeness (QED) is 0.683. The van der Waals surface area contributed by atoms with Crippen molar-refractivity contribution in [3.63, 3.8) is 0 Å². The molecule has 2 aromatic rings. The molecule has 20 heavy (non-hydrogen) atoms. The van der Waals surface area contributed by atoms with E-state index in [2.05, 4.69) is 5.10 Å². The number of ether oxygens (including phenoxy) is 1. The van der Waals surface area contributed by atoms with Crippen molar-refractivity contribution < 1.29 is 14.8 Å². The molecule has 1 aromatic carbocycles. The molecule has 7 heteroatoms. The van der Waals surface area contributed by atoms with Gasteiger partial charge in [0.25, 0.3) is 0 Å². The molecule has 7 nitrogen and oxygen atoms in total. The predicted molar refractivity (Wildman–Crippen MR) is 71.8 cm³/mol. The molecule has 1 N–H and O–H groups in total.